The van der Waals surface area contributed by atoms with E-state index in [0.717, 1.165) is 16.9 Å². The molecular formula is C12H7NO2. The summed E-state index contributed by atoms with van der Waals surface area (Å²) in [6.45, 7) is 0. The Balaban J connectivity index is 2.14. The van der Waals surface area contributed by atoms with Crippen LogP contribution in [0.2, 0.25) is 0 Å². The Kier molecular flexibility index (Phi) is 1.59. The fourth-order valence-electron chi connectivity index (χ4n) is 1.65. The van der Waals surface area contributed by atoms with Gasteiger partial charge in [-0.2, -0.15) is 0 Å². The lowest BCUT2D eigenvalue weighted by molar-refractivity contribution is 0.651. The summed E-state index contributed by atoms with van der Waals surface area (Å²) in [6, 6.07) is 13.5. The Morgan fingerprint density at radius 2 is 1.73 bits per heavy atom. The van der Waals surface area contributed by atoms with Crippen molar-refractivity contribution in [3.8, 4) is 22.6 Å². The maximum Gasteiger partial charge on any atom is 0.199 e. The van der Waals surface area contributed by atoms with Gasteiger partial charge in [0.05, 0.1) is 0 Å². The van der Waals surface area contributed by atoms with Gasteiger partial charge in [-0.1, -0.05) is 30.3 Å². The molecule has 3 heteroatoms. The first kappa shape index (κ1) is 8.17. The molecule has 0 saturated carbocycles. The van der Waals surface area contributed by atoms with Crippen molar-refractivity contribution in [1.29, 1.82) is 0 Å². The average Bonchev–Trinajstić information content (AvgIpc) is 3.08. The fraction of sp³-hybridized carbons (Fsp3) is 0. The van der Waals surface area contributed by atoms with Gasteiger partial charge >= 0.3 is 0 Å². The standard InChI is InChI=1S/C12H7NO2/c14-13-10-7-6-9(11-12(10)15-11)8-4-2-1-3-5-8/h1-7H. The van der Waals surface area contributed by atoms with Crippen molar-refractivity contribution in [3.63, 3.8) is 0 Å². The molecular weight excluding hydrogens is 190 g/mol. The monoisotopic (exact) mass is 197 g/mol. The van der Waals surface area contributed by atoms with Gasteiger partial charge in [-0.3, -0.25) is 0 Å². The molecule has 0 aromatic heterocycles. The summed E-state index contributed by atoms with van der Waals surface area (Å²) in [4.78, 5) is 10.4. The van der Waals surface area contributed by atoms with Crippen molar-refractivity contribution >= 4 is 5.69 Å². The molecule has 72 valence electrons. The zero-order valence-electron chi connectivity index (χ0n) is 7.81. The number of nitrogens with zero attached hydrogens (tertiary/aromatic N) is 1. The Morgan fingerprint density at radius 3 is 2.47 bits per heavy atom. The van der Waals surface area contributed by atoms with E-state index in [2.05, 4.69) is 5.18 Å². The Hall–Kier alpha value is -2.16. The topological polar surface area (TPSA) is 42.0 Å². The summed E-state index contributed by atoms with van der Waals surface area (Å²) in [5.41, 5.74) is 2.48. The van der Waals surface area contributed by atoms with Crippen LogP contribution in [0.3, 0.4) is 0 Å². The summed E-state index contributed by atoms with van der Waals surface area (Å²) < 4.78 is 5.25. The largest absolute Gasteiger partial charge is 0.446 e. The summed E-state index contributed by atoms with van der Waals surface area (Å²) in [6.07, 6.45) is 0. The number of rotatable bonds is 2. The van der Waals surface area contributed by atoms with Crippen LogP contribution in [-0.4, -0.2) is 0 Å². The second-order valence-corrected chi connectivity index (χ2v) is 3.35. The molecule has 2 aromatic carbocycles. The number of hydrogen-bond acceptors (Lipinski definition) is 3. The maximum absolute atomic E-state index is 10.4. The van der Waals surface area contributed by atoms with Gasteiger partial charge in [0.1, 0.15) is 0 Å². The molecule has 0 unspecified atom stereocenters. The average molecular weight is 197 g/mol. The second-order valence-electron chi connectivity index (χ2n) is 3.35. The highest BCUT2D eigenvalue weighted by Gasteiger charge is 2.29. The summed E-state index contributed by atoms with van der Waals surface area (Å²) in [5, 5.41) is 2.88. The molecule has 0 atom stereocenters. The quantitative estimate of drug-likeness (QED) is 0.462. The third kappa shape index (κ3) is 1.21. The number of hydrogen-bond donors (Lipinski definition) is 0. The minimum absolute atomic E-state index is 0.379. The first-order chi connectivity index (χ1) is 7.40. The van der Waals surface area contributed by atoms with E-state index in [4.69, 9.17) is 4.74 Å². The lowest BCUT2D eigenvalue weighted by atomic mass is 10.1. The highest BCUT2D eigenvalue weighted by molar-refractivity contribution is 5.85. The van der Waals surface area contributed by atoms with Crippen LogP contribution >= 0.6 is 0 Å². The van der Waals surface area contributed by atoms with Gasteiger partial charge in [0.15, 0.2) is 17.2 Å². The summed E-state index contributed by atoms with van der Waals surface area (Å²) >= 11 is 0. The Morgan fingerprint density at radius 1 is 0.933 bits per heavy atom. The van der Waals surface area contributed by atoms with E-state index in [1.54, 1.807) is 6.07 Å². The van der Waals surface area contributed by atoms with Crippen LogP contribution in [0.25, 0.3) is 11.1 Å². The van der Waals surface area contributed by atoms with Gasteiger partial charge in [0.25, 0.3) is 0 Å². The molecule has 0 amide bonds. The van der Waals surface area contributed by atoms with Gasteiger partial charge in [0, 0.05) is 5.56 Å². The Bertz CT molecular complexity index is 535. The zero-order valence-corrected chi connectivity index (χ0v) is 7.81. The third-order valence-electron chi connectivity index (χ3n) is 2.44. The van der Waals surface area contributed by atoms with Gasteiger partial charge in [-0.15, -0.1) is 4.91 Å². The normalized spacial score (nSPS) is 11.5. The first-order valence-electron chi connectivity index (χ1n) is 4.64. The highest BCUT2D eigenvalue weighted by atomic mass is 16.6. The molecule has 3 nitrogen and oxygen atoms in total. The lowest BCUT2D eigenvalue weighted by Gasteiger charge is -1.96. The van der Waals surface area contributed by atoms with Crippen LogP contribution < -0.4 is 4.74 Å². The third-order valence-corrected chi connectivity index (χ3v) is 2.44. The molecule has 0 bridgehead atoms. The molecule has 0 N–H and O–H groups in total. The number of ether oxygens (including phenoxy) is 1. The fourth-order valence-corrected chi connectivity index (χ4v) is 1.65. The van der Waals surface area contributed by atoms with E-state index in [1.807, 2.05) is 36.4 Å². The predicted octanol–water partition coefficient (Wildman–Crippen LogP) is 3.86. The molecule has 3 rings (SSSR count). The Labute approximate surface area is 86.3 Å². The number of benzene rings is 2. The van der Waals surface area contributed by atoms with Crippen LogP contribution in [0.5, 0.6) is 11.5 Å². The molecule has 1 aliphatic heterocycles. The molecule has 1 heterocycles. The van der Waals surface area contributed by atoms with Crippen molar-refractivity contribution < 1.29 is 4.74 Å². The molecule has 0 saturated heterocycles. The van der Waals surface area contributed by atoms with E-state index in [1.165, 1.54) is 0 Å². The van der Waals surface area contributed by atoms with E-state index < -0.39 is 0 Å². The lowest BCUT2D eigenvalue weighted by Crippen LogP contribution is -1.72. The van der Waals surface area contributed by atoms with Crippen molar-refractivity contribution in [3.05, 3.63) is 47.4 Å². The summed E-state index contributed by atoms with van der Waals surface area (Å²) in [7, 11) is 0. The maximum atomic E-state index is 10.4. The smallest absolute Gasteiger partial charge is 0.199 e. The van der Waals surface area contributed by atoms with E-state index in [0.29, 0.717) is 11.4 Å². The SMILES string of the molecule is O=Nc1ccc(-c2ccccc2)c2c1O2. The van der Waals surface area contributed by atoms with E-state index >= 15 is 0 Å². The van der Waals surface area contributed by atoms with Crippen LogP contribution in [-0.2, 0) is 0 Å². The molecule has 2 aromatic rings. The molecule has 0 aliphatic carbocycles. The second kappa shape index (κ2) is 2.92. The van der Waals surface area contributed by atoms with Gasteiger partial charge in [-0.25, -0.2) is 0 Å². The van der Waals surface area contributed by atoms with Gasteiger partial charge in [0.2, 0.25) is 0 Å². The van der Waals surface area contributed by atoms with Crippen molar-refractivity contribution in [2.45, 2.75) is 0 Å². The zero-order chi connectivity index (χ0) is 10.3. The van der Waals surface area contributed by atoms with Crippen LogP contribution in [0.1, 0.15) is 0 Å². The van der Waals surface area contributed by atoms with Crippen LogP contribution in [0.4, 0.5) is 5.69 Å². The van der Waals surface area contributed by atoms with Crippen LogP contribution in [0, 0.1) is 4.91 Å². The number of nitroso groups, excluding NO2 is 1. The molecule has 0 spiro atoms. The van der Waals surface area contributed by atoms with Crippen molar-refractivity contribution in [2.75, 3.05) is 0 Å². The predicted molar refractivity (Wildman–Crippen MR) is 57.4 cm³/mol. The minimum atomic E-state index is 0.379. The van der Waals surface area contributed by atoms with E-state index in [9.17, 15) is 4.91 Å². The van der Waals surface area contributed by atoms with Gasteiger partial charge in [-0.05, 0) is 22.9 Å². The summed E-state index contributed by atoms with van der Waals surface area (Å²) in [5.74, 6) is 1.39. The molecule has 15 heavy (non-hydrogen) atoms. The van der Waals surface area contributed by atoms with Crippen molar-refractivity contribution in [2.24, 2.45) is 5.18 Å². The van der Waals surface area contributed by atoms with Crippen molar-refractivity contribution in [1.82, 2.24) is 0 Å². The highest BCUT2D eigenvalue weighted by Crippen LogP contribution is 2.57. The first-order valence-corrected chi connectivity index (χ1v) is 4.64. The van der Waals surface area contributed by atoms with Crippen LogP contribution in [0.15, 0.2) is 47.6 Å². The van der Waals surface area contributed by atoms with E-state index in [-0.39, 0.29) is 0 Å². The molecule has 1 aliphatic rings. The molecule has 0 fully saturated rings. The van der Waals surface area contributed by atoms with Gasteiger partial charge < -0.3 is 4.74 Å². The molecule has 0 radical (unpaired) electrons. The number of fused-ring (bicyclic) bond motifs is 1. The minimum Gasteiger partial charge on any atom is -0.446 e.